The molecule has 0 bridgehead atoms. The van der Waals surface area contributed by atoms with Crippen LogP contribution < -0.4 is 5.32 Å². The molecular formula is C29H27FN4O2S. The highest BCUT2D eigenvalue weighted by Gasteiger charge is 2.39. The topological polar surface area (TPSA) is 67.2 Å². The molecule has 4 aromatic rings. The van der Waals surface area contributed by atoms with E-state index in [9.17, 15) is 14.0 Å². The summed E-state index contributed by atoms with van der Waals surface area (Å²) in [7, 11) is 0. The second-order valence-corrected chi connectivity index (χ2v) is 10.1. The summed E-state index contributed by atoms with van der Waals surface area (Å²) in [6, 6.07) is 22.8. The largest absolute Gasteiger partial charge is 0.350 e. The molecule has 37 heavy (non-hydrogen) atoms. The second kappa shape index (κ2) is 10.6. The summed E-state index contributed by atoms with van der Waals surface area (Å²) in [6.07, 6.45) is 0. The third-order valence-corrected chi connectivity index (χ3v) is 7.46. The van der Waals surface area contributed by atoms with Crippen LogP contribution in [0.25, 0.3) is 5.69 Å². The Bertz CT molecular complexity index is 1420. The van der Waals surface area contributed by atoms with Crippen molar-refractivity contribution in [3.05, 3.63) is 113 Å². The molecule has 6 nitrogen and oxygen atoms in total. The van der Waals surface area contributed by atoms with Crippen LogP contribution in [0.4, 0.5) is 4.39 Å². The highest BCUT2D eigenvalue weighted by Crippen LogP contribution is 2.39. The monoisotopic (exact) mass is 514 g/mol. The Balaban J connectivity index is 1.55. The number of rotatable bonds is 6. The van der Waals surface area contributed by atoms with E-state index in [0.717, 1.165) is 27.4 Å². The SMILES string of the molecule is Cc1ccc(CNC(=O)[C@H]2c3c(C)nn(-c4ccccc4)c3SCC(=O)N2Cc2ccc(F)cc2)cc1. The van der Waals surface area contributed by atoms with Gasteiger partial charge in [-0.15, -0.1) is 0 Å². The summed E-state index contributed by atoms with van der Waals surface area (Å²) >= 11 is 1.38. The van der Waals surface area contributed by atoms with Gasteiger partial charge in [0.1, 0.15) is 16.9 Å². The number of nitrogens with zero attached hydrogens (tertiary/aromatic N) is 3. The van der Waals surface area contributed by atoms with Crippen molar-refractivity contribution in [2.45, 2.75) is 38.0 Å². The fourth-order valence-electron chi connectivity index (χ4n) is 4.46. The van der Waals surface area contributed by atoms with Gasteiger partial charge in [-0.1, -0.05) is 71.9 Å². The fourth-order valence-corrected chi connectivity index (χ4v) is 5.57. The Kier molecular flexibility index (Phi) is 7.10. The predicted octanol–water partition coefficient (Wildman–Crippen LogP) is 5.12. The molecule has 1 aliphatic rings. The van der Waals surface area contributed by atoms with E-state index in [1.54, 1.807) is 17.0 Å². The van der Waals surface area contributed by atoms with Gasteiger partial charge in [0, 0.05) is 18.7 Å². The summed E-state index contributed by atoms with van der Waals surface area (Å²) < 4.78 is 15.4. The Morgan fingerprint density at radius 2 is 1.68 bits per heavy atom. The third-order valence-electron chi connectivity index (χ3n) is 6.40. The zero-order valence-corrected chi connectivity index (χ0v) is 21.5. The minimum Gasteiger partial charge on any atom is -0.350 e. The van der Waals surface area contributed by atoms with E-state index >= 15 is 0 Å². The number of para-hydroxylation sites is 1. The van der Waals surface area contributed by atoms with E-state index < -0.39 is 6.04 Å². The molecule has 0 aliphatic carbocycles. The van der Waals surface area contributed by atoms with Gasteiger partial charge in [-0.2, -0.15) is 5.10 Å². The van der Waals surface area contributed by atoms with E-state index in [-0.39, 0.29) is 29.9 Å². The third kappa shape index (κ3) is 5.29. The average molecular weight is 515 g/mol. The van der Waals surface area contributed by atoms with Crippen LogP contribution in [-0.4, -0.2) is 32.2 Å². The minimum atomic E-state index is -0.884. The van der Waals surface area contributed by atoms with Crippen molar-refractivity contribution in [1.29, 1.82) is 0 Å². The molecule has 1 aromatic heterocycles. The van der Waals surface area contributed by atoms with Gasteiger partial charge in [-0.3, -0.25) is 9.59 Å². The van der Waals surface area contributed by atoms with Crippen LogP contribution in [-0.2, 0) is 22.7 Å². The summed E-state index contributed by atoms with van der Waals surface area (Å²) in [5.41, 5.74) is 5.10. The lowest BCUT2D eigenvalue weighted by Gasteiger charge is -2.30. The number of carbonyl (C=O) groups is 2. The molecule has 0 radical (unpaired) electrons. The zero-order valence-electron chi connectivity index (χ0n) is 20.6. The number of amides is 2. The Hall–Kier alpha value is -3.91. The molecule has 8 heteroatoms. The normalized spacial score (nSPS) is 15.3. The van der Waals surface area contributed by atoms with Gasteiger partial charge in [0.2, 0.25) is 11.8 Å². The first-order valence-corrected chi connectivity index (χ1v) is 13.0. The van der Waals surface area contributed by atoms with Crippen molar-refractivity contribution in [3.63, 3.8) is 0 Å². The molecule has 0 fully saturated rings. The standard InChI is InChI=1S/C29H27FN4O2S/c1-19-8-10-21(11-9-19)16-31-28(36)27-26-20(2)32-34(24-6-4-3-5-7-24)29(26)37-18-25(35)33(27)17-22-12-14-23(30)15-13-22/h3-15,27H,16-18H2,1-2H3,(H,31,36)/t27-/m1/s1. The number of benzene rings is 3. The summed E-state index contributed by atoms with van der Waals surface area (Å²) in [6.45, 7) is 4.39. The molecule has 2 amide bonds. The van der Waals surface area contributed by atoms with E-state index in [2.05, 4.69) is 5.32 Å². The number of fused-ring (bicyclic) bond motifs is 1. The molecular weight excluding hydrogens is 487 g/mol. The van der Waals surface area contributed by atoms with Gasteiger partial charge in [0.15, 0.2) is 0 Å². The lowest BCUT2D eigenvalue weighted by atomic mass is 10.0. The predicted molar refractivity (Wildman–Crippen MR) is 142 cm³/mol. The first-order chi connectivity index (χ1) is 17.9. The molecule has 1 N–H and O–H groups in total. The number of hydrogen-bond donors (Lipinski definition) is 1. The van der Waals surface area contributed by atoms with Crippen LogP contribution in [0.3, 0.4) is 0 Å². The van der Waals surface area contributed by atoms with Crippen LogP contribution in [0.2, 0.25) is 0 Å². The maximum absolute atomic E-state index is 13.8. The quantitative estimate of drug-likeness (QED) is 0.388. The van der Waals surface area contributed by atoms with Crippen molar-refractivity contribution in [3.8, 4) is 5.69 Å². The molecule has 2 heterocycles. The number of nitrogens with one attached hydrogen (secondary N) is 1. The Morgan fingerprint density at radius 1 is 1.00 bits per heavy atom. The Morgan fingerprint density at radius 3 is 2.38 bits per heavy atom. The molecule has 5 rings (SSSR count). The van der Waals surface area contributed by atoms with Crippen LogP contribution in [0.15, 0.2) is 83.9 Å². The zero-order chi connectivity index (χ0) is 25.9. The number of thioether (sulfide) groups is 1. The van der Waals surface area contributed by atoms with Gasteiger partial charge in [0.05, 0.1) is 17.1 Å². The molecule has 0 saturated carbocycles. The minimum absolute atomic E-state index is 0.161. The van der Waals surface area contributed by atoms with E-state index in [4.69, 9.17) is 5.10 Å². The van der Waals surface area contributed by atoms with Gasteiger partial charge >= 0.3 is 0 Å². The molecule has 0 spiro atoms. The van der Waals surface area contributed by atoms with Crippen molar-refractivity contribution in [2.24, 2.45) is 0 Å². The number of aromatic nitrogens is 2. The van der Waals surface area contributed by atoms with Crippen LogP contribution in [0.5, 0.6) is 0 Å². The van der Waals surface area contributed by atoms with E-state index in [1.807, 2.05) is 73.1 Å². The number of aryl methyl sites for hydroxylation is 2. The summed E-state index contributed by atoms with van der Waals surface area (Å²) in [4.78, 5) is 28.9. The van der Waals surface area contributed by atoms with Crippen molar-refractivity contribution in [1.82, 2.24) is 20.0 Å². The first-order valence-electron chi connectivity index (χ1n) is 12.1. The van der Waals surface area contributed by atoms with Crippen molar-refractivity contribution < 1.29 is 14.0 Å². The fraction of sp³-hybridized carbons (Fsp3) is 0.207. The number of halogens is 1. The van der Waals surface area contributed by atoms with Gasteiger partial charge in [0.25, 0.3) is 0 Å². The van der Waals surface area contributed by atoms with E-state index in [0.29, 0.717) is 17.8 Å². The molecule has 1 atom stereocenters. The van der Waals surface area contributed by atoms with Crippen LogP contribution in [0, 0.1) is 19.7 Å². The maximum Gasteiger partial charge on any atom is 0.247 e. The highest BCUT2D eigenvalue weighted by molar-refractivity contribution is 8.00. The lowest BCUT2D eigenvalue weighted by Crippen LogP contribution is -2.43. The summed E-state index contributed by atoms with van der Waals surface area (Å²) in [5, 5.41) is 8.58. The van der Waals surface area contributed by atoms with Gasteiger partial charge in [-0.25, -0.2) is 9.07 Å². The van der Waals surface area contributed by atoms with Crippen molar-refractivity contribution >= 4 is 23.6 Å². The number of hydrogen-bond acceptors (Lipinski definition) is 4. The van der Waals surface area contributed by atoms with Crippen LogP contribution in [0.1, 0.15) is 34.0 Å². The maximum atomic E-state index is 13.8. The smallest absolute Gasteiger partial charge is 0.247 e. The summed E-state index contributed by atoms with van der Waals surface area (Å²) in [5.74, 6) is -0.639. The number of carbonyl (C=O) groups excluding carboxylic acids is 2. The molecule has 1 aliphatic heterocycles. The van der Waals surface area contributed by atoms with E-state index in [1.165, 1.54) is 23.9 Å². The average Bonchev–Trinajstić information content (AvgIpc) is 3.15. The van der Waals surface area contributed by atoms with Gasteiger partial charge in [-0.05, 0) is 49.2 Å². The highest BCUT2D eigenvalue weighted by atomic mass is 32.2. The molecule has 3 aromatic carbocycles. The Labute approximate surface area is 219 Å². The molecule has 188 valence electrons. The van der Waals surface area contributed by atoms with Crippen molar-refractivity contribution in [2.75, 3.05) is 5.75 Å². The van der Waals surface area contributed by atoms with Gasteiger partial charge < -0.3 is 10.2 Å². The molecule has 0 saturated heterocycles. The second-order valence-electron chi connectivity index (χ2n) is 9.09. The molecule has 0 unspecified atom stereocenters. The van der Waals surface area contributed by atoms with Crippen LogP contribution >= 0.6 is 11.8 Å². The first kappa shape index (κ1) is 24.8. The lowest BCUT2D eigenvalue weighted by molar-refractivity contribution is -0.139.